The van der Waals surface area contributed by atoms with Gasteiger partial charge in [0, 0.05) is 5.56 Å². The summed E-state index contributed by atoms with van der Waals surface area (Å²) in [7, 11) is 0. The SMILES string of the molecule is Nc1cc(C(=O)O)ccc1OCc1ccccc1F. The lowest BCUT2D eigenvalue weighted by Gasteiger charge is -2.10. The maximum Gasteiger partial charge on any atom is 0.335 e. The summed E-state index contributed by atoms with van der Waals surface area (Å²) in [6, 6.07) is 10.4. The van der Waals surface area contributed by atoms with Crippen molar-refractivity contribution in [3.05, 3.63) is 59.4 Å². The molecule has 0 saturated heterocycles. The summed E-state index contributed by atoms with van der Waals surface area (Å²) >= 11 is 0. The lowest BCUT2D eigenvalue weighted by Crippen LogP contribution is -2.03. The van der Waals surface area contributed by atoms with Crippen LogP contribution in [0.25, 0.3) is 0 Å². The minimum Gasteiger partial charge on any atom is -0.487 e. The van der Waals surface area contributed by atoms with Crippen LogP contribution in [0.5, 0.6) is 5.75 Å². The van der Waals surface area contributed by atoms with Crippen molar-refractivity contribution in [1.29, 1.82) is 0 Å². The van der Waals surface area contributed by atoms with Crippen LogP contribution in [0.3, 0.4) is 0 Å². The van der Waals surface area contributed by atoms with Gasteiger partial charge in [0.05, 0.1) is 11.3 Å². The molecule has 0 aliphatic heterocycles. The average molecular weight is 261 g/mol. The summed E-state index contributed by atoms with van der Waals surface area (Å²) in [6.45, 7) is 0.0310. The Hall–Kier alpha value is -2.56. The van der Waals surface area contributed by atoms with Gasteiger partial charge in [0.25, 0.3) is 0 Å². The highest BCUT2D eigenvalue weighted by Gasteiger charge is 2.08. The van der Waals surface area contributed by atoms with Gasteiger partial charge >= 0.3 is 5.97 Å². The lowest BCUT2D eigenvalue weighted by atomic mass is 10.2. The Bertz CT molecular complexity index is 613. The molecule has 0 fully saturated rings. The van der Waals surface area contributed by atoms with Gasteiger partial charge in [-0.25, -0.2) is 9.18 Å². The maximum absolute atomic E-state index is 13.4. The molecule has 5 heteroatoms. The molecule has 0 spiro atoms. The number of carboxylic acid groups (broad SMARTS) is 1. The molecule has 0 saturated carbocycles. The van der Waals surface area contributed by atoms with E-state index < -0.39 is 5.97 Å². The Kier molecular flexibility index (Phi) is 3.66. The predicted octanol–water partition coefficient (Wildman–Crippen LogP) is 2.69. The molecular formula is C14H12FNO3. The van der Waals surface area contributed by atoms with Crippen LogP contribution in [0.15, 0.2) is 42.5 Å². The highest BCUT2D eigenvalue weighted by Crippen LogP contribution is 2.24. The van der Waals surface area contributed by atoms with Gasteiger partial charge in [0.2, 0.25) is 0 Å². The van der Waals surface area contributed by atoms with Crippen molar-refractivity contribution in [3.63, 3.8) is 0 Å². The van der Waals surface area contributed by atoms with Crippen LogP contribution in [0.1, 0.15) is 15.9 Å². The third-order valence-corrected chi connectivity index (χ3v) is 2.60. The topological polar surface area (TPSA) is 72.6 Å². The number of anilines is 1. The molecule has 2 rings (SSSR count). The first-order valence-corrected chi connectivity index (χ1v) is 5.57. The Morgan fingerprint density at radius 3 is 2.63 bits per heavy atom. The Morgan fingerprint density at radius 2 is 2.00 bits per heavy atom. The van der Waals surface area contributed by atoms with Gasteiger partial charge < -0.3 is 15.6 Å². The highest BCUT2D eigenvalue weighted by atomic mass is 19.1. The normalized spacial score (nSPS) is 10.2. The van der Waals surface area contributed by atoms with Crippen LogP contribution in [0.4, 0.5) is 10.1 Å². The number of carbonyl (C=O) groups is 1. The van der Waals surface area contributed by atoms with E-state index in [2.05, 4.69) is 0 Å². The van der Waals surface area contributed by atoms with E-state index in [0.29, 0.717) is 11.3 Å². The smallest absolute Gasteiger partial charge is 0.335 e. The van der Waals surface area contributed by atoms with Gasteiger partial charge in [-0.2, -0.15) is 0 Å². The zero-order chi connectivity index (χ0) is 13.8. The Morgan fingerprint density at radius 1 is 1.26 bits per heavy atom. The molecule has 0 bridgehead atoms. The molecule has 0 atom stereocenters. The molecule has 2 aromatic carbocycles. The second-order valence-electron chi connectivity index (χ2n) is 3.94. The van der Waals surface area contributed by atoms with E-state index in [1.807, 2.05) is 0 Å². The van der Waals surface area contributed by atoms with E-state index in [9.17, 15) is 9.18 Å². The number of hydrogen-bond donors (Lipinski definition) is 2. The van der Waals surface area contributed by atoms with Crippen molar-refractivity contribution >= 4 is 11.7 Å². The van der Waals surface area contributed by atoms with E-state index in [-0.39, 0.29) is 23.7 Å². The molecule has 0 radical (unpaired) electrons. The number of hydrogen-bond acceptors (Lipinski definition) is 3. The molecule has 0 aromatic heterocycles. The fraction of sp³-hybridized carbons (Fsp3) is 0.0714. The summed E-state index contributed by atoms with van der Waals surface area (Å²) in [5.41, 5.74) is 6.37. The van der Waals surface area contributed by atoms with Crippen molar-refractivity contribution in [2.45, 2.75) is 6.61 Å². The van der Waals surface area contributed by atoms with E-state index in [4.69, 9.17) is 15.6 Å². The van der Waals surface area contributed by atoms with Gasteiger partial charge in [0.1, 0.15) is 18.2 Å². The number of ether oxygens (including phenoxy) is 1. The van der Waals surface area contributed by atoms with Crippen molar-refractivity contribution in [1.82, 2.24) is 0 Å². The monoisotopic (exact) mass is 261 g/mol. The largest absolute Gasteiger partial charge is 0.487 e. The van der Waals surface area contributed by atoms with Crippen LogP contribution in [-0.4, -0.2) is 11.1 Å². The molecular weight excluding hydrogens is 249 g/mol. The Labute approximate surface area is 109 Å². The second-order valence-corrected chi connectivity index (χ2v) is 3.94. The van der Waals surface area contributed by atoms with Crippen LogP contribution in [0, 0.1) is 5.82 Å². The van der Waals surface area contributed by atoms with Crippen molar-refractivity contribution < 1.29 is 19.0 Å². The molecule has 0 aliphatic rings. The van der Waals surface area contributed by atoms with E-state index >= 15 is 0 Å². The molecule has 98 valence electrons. The lowest BCUT2D eigenvalue weighted by molar-refractivity contribution is 0.0697. The molecule has 0 amide bonds. The first kappa shape index (κ1) is 12.9. The zero-order valence-electron chi connectivity index (χ0n) is 9.97. The molecule has 2 aromatic rings. The van der Waals surface area contributed by atoms with Gasteiger partial charge in [-0.3, -0.25) is 0 Å². The summed E-state index contributed by atoms with van der Waals surface area (Å²) in [4.78, 5) is 10.7. The minimum atomic E-state index is -1.06. The summed E-state index contributed by atoms with van der Waals surface area (Å²) in [5.74, 6) is -1.09. The fourth-order valence-corrected chi connectivity index (χ4v) is 1.58. The zero-order valence-corrected chi connectivity index (χ0v) is 9.97. The first-order valence-electron chi connectivity index (χ1n) is 5.57. The number of rotatable bonds is 4. The van der Waals surface area contributed by atoms with Gasteiger partial charge in [0.15, 0.2) is 0 Å². The molecule has 4 nitrogen and oxygen atoms in total. The van der Waals surface area contributed by atoms with Gasteiger partial charge in [-0.1, -0.05) is 18.2 Å². The molecule has 0 heterocycles. The van der Waals surface area contributed by atoms with Crippen molar-refractivity contribution in [2.24, 2.45) is 0 Å². The van der Waals surface area contributed by atoms with Crippen LogP contribution >= 0.6 is 0 Å². The van der Waals surface area contributed by atoms with Crippen LogP contribution < -0.4 is 10.5 Å². The third-order valence-electron chi connectivity index (χ3n) is 2.60. The van der Waals surface area contributed by atoms with Gasteiger partial charge in [-0.15, -0.1) is 0 Å². The van der Waals surface area contributed by atoms with Crippen LogP contribution in [-0.2, 0) is 6.61 Å². The maximum atomic E-state index is 13.4. The molecule has 0 aliphatic carbocycles. The number of aromatic carboxylic acids is 1. The van der Waals surface area contributed by atoms with E-state index in [0.717, 1.165) is 0 Å². The number of carboxylic acids is 1. The number of nitrogen functional groups attached to an aromatic ring is 1. The third kappa shape index (κ3) is 3.01. The summed E-state index contributed by atoms with van der Waals surface area (Å²) < 4.78 is 18.8. The fourth-order valence-electron chi connectivity index (χ4n) is 1.58. The quantitative estimate of drug-likeness (QED) is 0.830. The Balaban J connectivity index is 2.12. The van der Waals surface area contributed by atoms with E-state index in [1.165, 1.54) is 24.3 Å². The number of halogens is 1. The highest BCUT2D eigenvalue weighted by molar-refractivity contribution is 5.89. The van der Waals surface area contributed by atoms with Gasteiger partial charge in [-0.05, 0) is 24.3 Å². The number of benzene rings is 2. The second kappa shape index (κ2) is 5.39. The van der Waals surface area contributed by atoms with Crippen molar-refractivity contribution in [3.8, 4) is 5.75 Å². The molecule has 0 unspecified atom stereocenters. The molecule has 19 heavy (non-hydrogen) atoms. The van der Waals surface area contributed by atoms with Crippen molar-refractivity contribution in [2.75, 3.05) is 5.73 Å². The summed E-state index contributed by atoms with van der Waals surface area (Å²) in [6.07, 6.45) is 0. The van der Waals surface area contributed by atoms with E-state index in [1.54, 1.807) is 18.2 Å². The number of nitrogens with two attached hydrogens (primary N) is 1. The summed E-state index contributed by atoms with van der Waals surface area (Å²) in [5, 5.41) is 8.80. The predicted molar refractivity (Wildman–Crippen MR) is 68.5 cm³/mol. The standard InChI is InChI=1S/C14H12FNO3/c15-11-4-2-1-3-10(11)8-19-13-6-5-9(14(17)18)7-12(13)16/h1-7H,8,16H2,(H,17,18). The minimum absolute atomic E-state index is 0.0310. The average Bonchev–Trinajstić information content (AvgIpc) is 2.39. The van der Waals surface area contributed by atoms with Crippen LogP contribution in [0.2, 0.25) is 0 Å². The molecule has 3 N–H and O–H groups in total. The first-order chi connectivity index (χ1) is 9.08.